The van der Waals surface area contributed by atoms with E-state index >= 15 is 0 Å². The molecule has 108 valence electrons. The molecule has 20 heavy (non-hydrogen) atoms. The summed E-state index contributed by atoms with van der Waals surface area (Å²) in [5.41, 5.74) is 6.54. The summed E-state index contributed by atoms with van der Waals surface area (Å²) in [6, 6.07) is 7.04. The van der Waals surface area contributed by atoms with Crippen molar-refractivity contribution in [3.05, 3.63) is 29.8 Å². The lowest BCUT2D eigenvalue weighted by molar-refractivity contribution is -0.139. The Morgan fingerprint density at radius 3 is 2.40 bits per heavy atom. The predicted molar refractivity (Wildman–Crippen MR) is 76.2 cm³/mol. The van der Waals surface area contributed by atoms with E-state index in [1.54, 1.807) is 24.3 Å². The molecule has 6 nitrogen and oxygen atoms in total. The summed E-state index contributed by atoms with van der Waals surface area (Å²) in [4.78, 5) is 35.7. The number of benzene rings is 1. The Hall–Kier alpha value is -1.92. The quantitative estimate of drug-likeness (QED) is 0.798. The van der Waals surface area contributed by atoms with Gasteiger partial charge in [0, 0.05) is 18.5 Å². The average Bonchev–Trinajstić information content (AvgIpc) is 2.72. The molecule has 7 heteroatoms. The SMILES string of the molecule is Cl.NCC(=O)Nc1ccccc1CN1C(=O)CCC1=O. The van der Waals surface area contributed by atoms with Gasteiger partial charge < -0.3 is 11.1 Å². The van der Waals surface area contributed by atoms with E-state index in [0.717, 1.165) is 0 Å². The molecule has 1 aliphatic heterocycles. The zero-order chi connectivity index (χ0) is 13.8. The molecule has 0 unspecified atom stereocenters. The van der Waals surface area contributed by atoms with Gasteiger partial charge in [-0.3, -0.25) is 19.3 Å². The van der Waals surface area contributed by atoms with Crippen molar-refractivity contribution < 1.29 is 14.4 Å². The highest BCUT2D eigenvalue weighted by atomic mass is 35.5. The molecule has 1 aromatic carbocycles. The summed E-state index contributed by atoms with van der Waals surface area (Å²) >= 11 is 0. The van der Waals surface area contributed by atoms with Gasteiger partial charge in [-0.15, -0.1) is 12.4 Å². The van der Waals surface area contributed by atoms with E-state index < -0.39 is 0 Å². The summed E-state index contributed by atoms with van der Waals surface area (Å²) < 4.78 is 0. The van der Waals surface area contributed by atoms with Gasteiger partial charge in [-0.1, -0.05) is 18.2 Å². The Balaban J connectivity index is 0.00000200. The Bertz CT molecular complexity index is 517. The Morgan fingerprint density at radius 2 is 1.80 bits per heavy atom. The lowest BCUT2D eigenvalue weighted by atomic mass is 10.1. The van der Waals surface area contributed by atoms with Crippen molar-refractivity contribution in [2.24, 2.45) is 5.73 Å². The van der Waals surface area contributed by atoms with E-state index in [9.17, 15) is 14.4 Å². The lowest BCUT2D eigenvalue weighted by Crippen LogP contribution is -2.29. The van der Waals surface area contributed by atoms with Gasteiger partial charge in [0.2, 0.25) is 17.7 Å². The predicted octanol–water partition coefficient (Wildman–Crippen LogP) is 0.655. The van der Waals surface area contributed by atoms with Crippen molar-refractivity contribution in [3.8, 4) is 0 Å². The second-order valence-electron chi connectivity index (χ2n) is 4.28. The number of likely N-dealkylation sites (tertiary alicyclic amines) is 1. The molecule has 0 spiro atoms. The minimum atomic E-state index is -0.313. The van der Waals surface area contributed by atoms with Gasteiger partial charge in [-0.05, 0) is 11.6 Å². The highest BCUT2D eigenvalue weighted by molar-refractivity contribution is 6.02. The maximum atomic E-state index is 11.6. The van der Waals surface area contributed by atoms with Crippen LogP contribution in [0.3, 0.4) is 0 Å². The van der Waals surface area contributed by atoms with E-state index in [4.69, 9.17) is 5.73 Å². The summed E-state index contributed by atoms with van der Waals surface area (Å²) in [7, 11) is 0. The third kappa shape index (κ3) is 3.55. The summed E-state index contributed by atoms with van der Waals surface area (Å²) in [6.07, 6.45) is 0.520. The molecule has 0 saturated carbocycles. The van der Waals surface area contributed by atoms with E-state index in [1.165, 1.54) is 4.90 Å². The van der Waals surface area contributed by atoms with Crippen LogP contribution in [0.5, 0.6) is 0 Å². The first-order valence-corrected chi connectivity index (χ1v) is 6.03. The number of halogens is 1. The van der Waals surface area contributed by atoms with E-state index in [-0.39, 0.29) is 56.1 Å². The van der Waals surface area contributed by atoms with Gasteiger partial charge >= 0.3 is 0 Å². The van der Waals surface area contributed by atoms with Gasteiger partial charge in [0.1, 0.15) is 0 Å². The van der Waals surface area contributed by atoms with Crippen LogP contribution in [-0.2, 0) is 20.9 Å². The molecule has 0 aliphatic carbocycles. The molecule has 3 N–H and O–H groups in total. The number of hydrogen-bond acceptors (Lipinski definition) is 4. The molecule has 1 aliphatic rings. The van der Waals surface area contributed by atoms with Crippen LogP contribution < -0.4 is 11.1 Å². The number of carbonyl (C=O) groups is 3. The molecule has 1 heterocycles. The second kappa shape index (κ2) is 7.02. The maximum absolute atomic E-state index is 11.6. The van der Waals surface area contributed by atoms with Crippen molar-refractivity contribution in [2.75, 3.05) is 11.9 Å². The normalized spacial score (nSPS) is 14.2. The van der Waals surface area contributed by atoms with Gasteiger partial charge in [0.15, 0.2) is 0 Å². The summed E-state index contributed by atoms with van der Waals surface area (Å²) in [5.74, 6) is -0.665. The molecule has 1 saturated heterocycles. The molecular formula is C13H16ClN3O3. The van der Waals surface area contributed by atoms with E-state index in [0.29, 0.717) is 11.3 Å². The van der Waals surface area contributed by atoms with Crippen molar-refractivity contribution in [2.45, 2.75) is 19.4 Å². The van der Waals surface area contributed by atoms with Crippen LogP contribution in [0, 0.1) is 0 Å². The largest absolute Gasteiger partial charge is 0.325 e. The first-order valence-electron chi connectivity index (χ1n) is 6.03. The first-order chi connectivity index (χ1) is 9.11. The number of hydrogen-bond donors (Lipinski definition) is 2. The molecule has 3 amide bonds. The molecule has 1 aromatic rings. The number of rotatable bonds is 4. The van der Waals surface area contributed by atoms with Gasteiger partial charge in [0.25, 0.3) is 0 Å². The van der Waals surface area contributed by atoms with Crippen molar-refractivity contribution in [1.82, 2.24) is 4.90 Å². The minimum absolute atomic E-state index is 0. The molecule has 0 radical (unpaired) electrons. The van der Waals surface area contributed by atoms with Crippen LogP contribution in [0.15, 0.2) is 24.3 Å². The number of amides is 3. The fourth-order valence-electron chi connectivity index (χ4n) is 1.95. The molecule has 0 aromatic heterocycles. The Morgan fingerprint density at radius 1 is 1.20 bits per heavy atom. The van der Waals surface area contributed by atoms with E-state index in [2.05, 4.69) is 5.32 Å². The van der Waals surface area contributed by atoms with Crippen LogP contribution in [0.25, 0.3) is 0 Å². The average molecular weight is 298 g/mol. The summed E-state index contributed by atoms with van der Waals surface area (Å²) in [6.45, 7) is 0.0641. The fraction of sp³-hybridized carbons (Fsp3) is 0.308. The lowest BCUT2D eigenvalue weighted by Gasteiger charge is -2.16. The number of para-hydroxylation sites is 1. The molecule has 1 fully saturated rings. The highest BCUT2D eigenvalue weighted by Crippen LogP contribution is 2.21. The molecular weight excluding hydrogens is 282 g/mol. The van der Waals surface area contributed by atoms with Crippen molar-refractivity contribution in [3.63, 3.8) is 0 Å². The third-order valence-corrected chi connectivity index (χ3v) is 2.96. The standard InChI is InChI=1S/C13H15N3O3.ClH/c14-7-11(17)15-10-4-2-1-3-9(10)8-16-12(18)5-6-13(16)19;/h1-4H,5-8,14H2,(H,15,17);1H. The number of nitrogens with zero attached hydrogens (tertiary/aromatic N) is 1. The van der Waals surface area contributed by atoms with Crippen molar-refractivity contribution in [1.29, 1.82) is 0 Å². The Labute approximate surface area is 122 Å². The number of nitrogens with two attached hydrogens (primary N) is 1. The zero-order valence-corrected chi connectivity index (χ0v) is 11.6. The molecule has 2 rings (SSSR count). The zero-order valence-electron chi connectivity index (χ0n) is 10.8. The van der Waals surface area contributed by atoms with Gasteiger partial charge in [-0.25, -0.2) is 0 Å². The minimum Gasteiger partial charge on any atom is -0.325 e. The molecule has 0 bridgehead atoms. The van der Waals surface area contributed by atoms with Crippen LogP contribution >= 0.6 is 12.4 Å². The van der Waals surface area contributed by atoms with Crippen molar-refractivity contribution >= 4 is 35.8 Å². The van der Waals surface area contributed by atoms with Crippen LogP contribution in [0.2, 0.25) is 0 Å². The Kier molecular flexibility index (Phi) is 5.66. The topological polar surface area (TPSA) is 92.5 Å². The third-order valence-electron chi connectivity index (χ3n) is 2.96. The highest BCUT2D eigenvalue weighted by Gasteiger charge is 2.29. The smallest absolute Gasteiger partial charge is 0.238 e. The summed E-state index contributed by atoms with van der Waals surface area (Å²) in [5, 5.41) is 2.65. The van der Waals surface area contributed by atoms with Crippen LogP contribution in [-0.4, -0.2) is 29.2 Å². The number of carbonyl (C=O) groups excluding carboxylic acids is 3. The fourth-order valence-corrected chi connectivity index (χ4v) is 1.95. The van der Waals surface area contributed by atoms with E-state index in [1.807, 2.05) is 0 Å². The first kappa shape index (κ1) is 16.1. The molecule has 0 atom stereocenters. The monoisotopic (exact) mass is 297 g/mol. The number of nitrogens with one attached hydrogen (secondary N) is 1. The van der Waals surface area contributed by atoms with Gasteiger partial charge in [0.05, 0.1) is 13.1 Å². The van der Waals surface area contributed by atoms with Crippen LogP contribution in [0.1, 0.15) is 18.4 Å². The maximum Gasteiger partial charge on any atom is 0.238 e. The van der Waals surface area contributed by atoms with Gasteiger partial charge in [-0.2, -0.15) is 0 Å². The van der Waals surface area contributed by atoms with Crippen LogP contribution in [0.4, 0.5) is 5.69 Å². The number of anilines is 1. The second-order valence-corrected chi connectivity index (χ2v) is 4.28. The number of imide groups is 1.